The summed E-state index contributed by atoms with van der Waals surface area (Å²) in [6.45, 7) is 0.581. The Kier molecular flexibility index (Phi) is 3.06. The molecule has 1 aromatic carbocycles. The molecule has 1 atom stereocenters. The van der Waals surface area contributed by atoms with Crippen LogP contribution in [0.3, 0.4) is 0 Å². The van der Waals surface area contributed by atoms with Crippen molar-refractivity contribution < 1.29 is 4.79 Å². The summed E-state index contributed by atoms with van der Waals surface area (Å²) < 4.78 is 1.15. The Morgan fingerprint density at radius 2 is 2.22 bits per heavy atom. The first kappa shape index (κ1) is 11.7. The molecule has 1 aliphatic rings. The molecule has 18 heavy (non-hydrogen) atoms. The van der Waals surface area contributed by atoms with Crippen LogP contribution >= 0.6 is 11.3 Å². The van der Waals surface area contributed by atoms with E-state index in [0.29, 0.717) is 12.5 Å². The monoisotopic (exact) mass is 260 g/mol. The van der Waals surface area contributed by atoms with Gasteiger partial charge < -0.3 is 11.1 Å². The Bertz CT molecular complexity index is 541. The number of hydrogen-bond acceptors (Lipinski definition) is 3. The van der Waals surface area contributed by atoms with Crippen LogP contribution in [0, 0.1) is 5.92 Å². The molecule has 1 heterocycles. The smallest absolute Gasteiger partial charge is 0.261 e. The molecule has 2 aromatic rings. The van der Waals surface area contributed by atoms with Crippen LogP contribution in [-0.2, 0) is 0 Å². The Morgan fingerprint density at radius 1 is 1.44 bits per heavy atom. The summed E-state index contributed by atoms with van der Waals surface area (Å²) in [4.78, 5) is 12.8. The predicted molar refractivity (Wildman–Crippen MR) is 74.9 cm³/mol. The van der Waals surface area contributed by atoms with Crippen molar-refractivity contribution in [3.8, 4) is 0 Å². The lowest BCUT2D eigenvalue weighted by molar-refractivity contribution is 0.0954. The van der Waals surface area contributed by atoms with Crippen molar-refractivity contribution in [3.05, 3.63) is 35.2 Å². The summed E-state index contributed by atoms with van der Waals surface area (Å²) in [6.07, 6.45) is 2.42. The van der Waals surface area contributed by atoms with Crippen molar-refractivity contribution >= 4 is 27.3 Å². The molecule has 1 amide bonds. The minimum Gasteiger partial charge on any atom is -0.350 e. The van der Waals surface area contributed by atoms with Gasteiger partial charge in [-0.15, -0.1) is 11.3 Å². The van der Waals surface area contributed by atoms with Crippen LogP contribution in [0.15, 0.2) is 30.3 Å². The molecule has 4 heteroatoms. The van der Waals surface area contributed by atoms with Gasteiger partial charge in [-0.3, -0.25) is 4.79 Å². The number of amides is 1. The third-order valence-electron chi connectivity index (χ3n) is 3.38. The van der Waals surface area contributed by atoms with E-state index in [4.69, 9.17) is 5.73 Å². The number of fused-ring (bicyclic) bond motifs is 1. The van der Waals surface area contributed by atoms with E-state index < -0.39 is 0 Å². The van der Waals surface area contributed by atoms with E-state index in [1.807, 2.05) is 30.3 Å². The fraction of sp³-hybridized carbons (Fsp3) is 0.357. The van der Waals surface area contributed by atoms with Gasteiger partial charge in [0.1, 0.15) is 0 Å². The zero-order valence-electron chi connectivity index (χ0n) is 10.1. The van der Waals surface area contributed by atoms with E-state index in [0.717, 1.165) is 15.0 Å². The number of thiophene rings is 1. The predicted octanol–water partition coefficient (Wildman–Crippen LogP) is 2.37. The lowest BCUT2D eigenvalue weighted by atomic mass is 10.2. The van der Waals surface area contributed by atoms with Gasteiger partial charge in [0.25, 0.3) is 5.91 Å². The maximum Gasteiger partial charge on any atom is 0.261 e. The highest BCUT2D eigenvalue weighted by molar-refractivity contribution is 7.20. The van der Waals surface area contributed by atoms with Crippen LogP contribution in [0.2, 0.25) is 0 Å². The molecule has 1 unspecified atom stereocenters. The first-order chi connectivity index (χ1) is 8.74. The number of hydrogen-bond donors (Lipinski definition) is 2. The molecule has 3 N–H and O–H groups in total. The number of nitrogens with two attached hydrogens (primary N) is 1. The first-order valence-electron chi connectivity index (χ1n) is 6.26. The molecule has 1 saturated carbocycles. The first-order valence-corrected chi connectivity index (χ1v) is 7.08. The van der Waals surface area contributed by atoms with Gasteiger partial charge in [-0.05, 0) is 36.3 Å². The highest BCUT2D eigenvalue weighted by atomic mass is 32.1. The van der Waals surface area contributed by atoms with E-state index in [2.05, 4.69) is 5.32 Å². The summed E-state index contributed by atoms with van der Waals surface area (Å²) in [6, 6.07) is 10.1. The summed E-state index contributed by atoms with van der Waals surface area (Å²) >= 11 is 1.53. The molecule has 1 aliphatic carbocycles. The van der Waals surface area contributed by atoms with Gasteiger partial charge in [0, 0.05) is 17.3 Å². The second kappa shape index (κ2) is 4.71. The summed E-state index contributed by atoms with van der Waals surface area (Å²) in [5.41, 5.74) is 5.97. The molecular formula is C14H16N2OS. The number of nitrogens with one attached hydrogen (secondary N) is 1. The number of carbonyl (C=O) groups excluding carboxylic acids is 1. The fourth-order valence-electron chi connectivity index (χ4n) is 2.08. The molecule has 0 bridgehead atoms. The van der Waals surface area contributed by atoms with Crippen LogP contribution < -0.4 is 11.1 Å². The molecule has 3 rings (SSSR count). The lowest BCUT2D eigenvalue weighted by Gasteiger charge is -2.10. The maximum absolute atomic E-state index is 12.0. The second-order valence-electron chi connectivity index (χ2n) is 4.86. The standard InChI is InChI=1S/C14H16N2OS/c15-11(9-5-6-9)8-16-14(17)13-7-10-3-1-2-4-12(10)18-13/h1-4,7,9,11H,5-6,8,15H2,(H,16,17). The van der Waals surface area contributed by atoms with Crippen molar-refractivity contribution in [1.29, 1.82) is 0 Å². The number of carbonyl (C=O) groups is 1. The summed E-state index contributed by atoms with van der Waals surface area (Å²) in [5, 5.41) is 4.05. The molecule has 3 nitrogen and oxygen atoms in total. The highest BCUT2D eigenvalue weighted by Crippen LogP contribution is 2.31. The molecule has 0 saturated heterocycles. The molecule has 0 spiro atoms. The van der Waals surface area contributed by atoms with E-state index in [1.54, 1.807) is 0 Å². The summed E-state index contributed by atoms with van der Waals surface area (Å²) in [7, 11) is 0. The Morgan fingerprint density at radius 3 is 2.94 bits per heavy atom. The average molecular weight is 260 g/mol. The van der Waals surface area contributed by atoms with Crippen molar-refractivity contribution in [1.82, 2.24) is 5.32 Å². The van der Waals surface area contributed by atoms with Gasteiger partial charge in [0.2, 0.25) is 0 Å². The fourth-order valence-corrected chi connectivity index (χ4v) is 3.06. The van der Waals surface area contributed by atoms with Gasteiger partial charge in [0.15, 0.2) is 0 Å². The third-order valence-corrected chi connectivity index (χ3v) is 4.49. The Labute approximate surface area is 110 Å². The lowest BCUT2D eigenvalue weighted by Crippen LogP contribution is -2.38. The van der Waals surface area contributed by atoms with Crippen molar-refractivity contribution in [2.24, 2.45) is 11.7 Å². The molecular weight excluding hydrogens is 244 g/mol. The van der Waals surface area contributed by atoms with Gasteiger partial charge >= 0.3 is 0 Å². The van der Waals surface area contributed by atoms with Gasteiger partial charge in [-0.1, -0.05) is 18.2 Å². The quantitative estimate of drug-likeness (QED) is 0.886. The normalized spacial score (nSPS) is 16.7. The van der Waals surface area contributed by atoms with Gasteiger partial charge in [-0.25, -0.2) is 0 Å². The third kappa shape index (κ3) is 2.40. The highest BCUT2D eigenvalue weighted by Gasteiger charge is 2.28. The molecule has 1 aromatic heterocycles. The largest absolute Gasteiger partial charge is 0.350 e. The zero-order valence-corrected chi connectivity index (χ0v) is 10.9. The van der Waals surface area contributed by atoms with Crippen molar-refractivity contribution in [2.75, 3.05) is 6.54 Å². The van der Waals surface area contributed by atoms with Crippen LogP contribution in [0.5, 0.6) is 0 Å². The van der Waals surface area contributed by atoms with Crippen LogP contribution in [0.4, 0.5) is 0 Å². The van der Waals surface area contributed by atoms with E-state index in [1.165, 1.54) is 24.2 Å². The Hall–Kier alpha value is -1.39. The topological polar surface area (TPSA) is 55.1 Å². The Balaban J connectivity index is 1.67. The molecule has 0 aliphatic heterocycles. The van der Waals surface area contributed by atoms with E-state index >= 15 is 0 Å². The van der Waals surface area contributed by atoms with Crippen LogP contribution in [-0.4, -0.2) is 18.5 Å². The molecule has 0 radical (unpaired) electrons. The second-order valence-corrected chi connectivity index (χ2v) is 5.94. The minimum atomic E-state index is -0.00713. The summed E-state index contributed by atoms with van der Waals surface area (Å²) in [5.74, 6) is 0.611. The maximum atomic E-state index is 12.0. The van der Waals surface area contributed by atoms with Crippen LogP contribution in [0.25, 0.3) is 10.1 Å². The SMILES string of the molecule is NC(CNC(=O)c1cc2ccccc2s1)C1CC1. The zero-order chi connectivity index (χ0) is 12.5. The average Bonchev–Trinajstić information content (AvgIpc) is 3.14. The van der Waals surface area contributed by atoms with Gasteiger partial charge in [-0.2, -0.15) is 0 Å². The van der Waals surface area contributed by atoms with Crippen molar-refractivity contribution in [2.45, 2.75) is 18.9 Å². The number of benzene rings is 1. The minimum absolute atomic E-state index is 0.00713. The van der Waals surface area contributed by atoms with E-state index in [-0.39, 0.29) is 11.9 Å². The molecule has 94 valence electrons. The van der Waals surface area contributed by atoms with Crippen LogP contribution in [0.1, 0.15) is 22.5 Å². The number of rotatable bonds is 4. The van der Waals surface area contributed by atoms with Crippen molar-refractivity contribution in [3.63, 3.8) is 0 Å². The molecule has 1 fully saturated rings. The van der Waals surface area contributed by atoms with E-state index in [9.17, 15) is 4.79 Å². The van der Waals surface area contributed by atoms with Gasteiger partial charge in [0.05, 0.1) is 4.88 Å².